The summed E-state index contributed by atoms with van der Waals surface area (Å²) in [6, 6.07) is 5.98. The third-order valence-corrected chi connectivity index (χ3v) is 6.01. The Balaban J connectivity index is 1.39. The SMILES string of the molecule is NCC1CCCCC1NC(=O)Cc1csc(-c2ccc3c(c2)OCO3)n1. The predicted molar refractivity (Wildman–Crippen MR) is 100 cm³/mol. The van der Waals surface area contributed by atoms with Crippen LogP contribution >= 0.6 is 11.3 Å². The molecule has 0 spiro atoms. The van der Waals surface area contributed by atoms with E-state index in [4.69, 9.17) is 15.2 Å². The molecule has 138 valence electrons. The van der Waals surface area contributed by atoms with Gasteiger partial charge in [0, 0.05) is 17.0 Å². The van der Waals surface area contributed by atoms with Crippen LogP contribution in [0.3, 0.4) is 0 Å². The zero-order valence-corrected chi connectivity index (χ0v) is 15.4. The molecule has 1 aromatic heterocycles. The zero-order valence-electron chi connectivity index (χ0n) is 14.6. The van der Waals surface area contributed by atoms with Crippen molar-refractivity contribution in [1.82, 2.24) is 10.3 Å². The Bertz CT molecular complexity index is 792. The van der Waals surface area contributed by atoms with Gasteiger partial charge in [-0.15, -0.1) is 11.3 Å². The van der Waals surface area contributed by atoms with Gasteiger partial charge in [0.15, 0.2) is 11.5 Å². The molecule has 1 amide bonds. The van der Waals surface area contributed by atoms with Crippen molar-refractivity contribution in [1.29, 1.82) is 0 Å². The lowest BCUT2D eigenvalue weighted by molar-refractivity contribution is -0.121. The molecule has 2 unspecified atom stereocenters. The first-order chi connectivity index (χ1) is 12.7. The third kappa shape index (κ3) is 3.68. The highest BCUT2D eigenvalue weighted by molar-refractivity contribution is 7.13. The van der Waals surface area contributed by atoms with E-state index < -0.39 is 0 Å². The van der Waals surface area contributed by atoms with Crippen molar-refractivity contribution in [2.24, 2.45) is 11.7 Å². The maximum atomic E-state index is 12.4. The largest absolute Gasteiger partial charge is 0.454 e. The maximum Gasteiger partial charge on any atom is 0.231 e. The van der Waals surface area contributed by atoms with Gasteiger partial charge in [-0.05, 0) is 43.5 Å². The lowest BCUT2D eigenvalue weighted by Gasteiger charge is -2.31. The number of nitrogens with two attached hydrogens (primary N) is 1. The monoisotopic (exact) mass is 373 g/mol. The number of hydrogen-bond acceptors (Lipinski definition) is 6. The van der Waals surface area contributed by atoms with Crippen LogP contribution in [0, 0.1) is 5.92 Å². The van der Waals surface area contributed by atoms with Gasteiger partial charge in [-0.2, -0.15) is 0 Å². The fourth-order valence-electron chi connectivity index (χ4n) is 3.65. The number of fused-ring (bicyclic) bond motifs is 1. The first-order valence-corrected chi connectivity index (χ1v) is 9.95. The first kappa shape index (κ1) is 17.3. The van der Waals surface area contributed by atoms with Crippen LogP contribution < -0.4 is 20.5 Å². The van der Waals surface area contributed by atoms with Crippen molar-refractivity contribution in [2.75, 3.05) is 13.3 Å². The van der Waals surface area contributed by atoms with E-state index in [2.05, 4.69) is 10.3 Å². The van der Waals surface area contributed by atoms with Gasteiger partial charge in [-0.3, -0.25) is 4.79 Å². The van der Waals surface area contributed by atoms with E-state index >= 15 is 0 Å². The van der Waals surface area contributed by atoms with Gasteiger partial charge < -0.3 is 20.5 Å². The van der Waals surface area contributed by atoms with Crippen LogP contribution in [0.25, 0.3) is 10.6 Å². The second-order valence-electron chi connectivity index (χ2n) is 6.84. The van der Waals surface area contributed by atoms with Crippen LogP contribution in [0.5, 0.6) is 11.5 Å². The Morgan fingerprint density at radius 2 is 2.12 bits per heavy atom. The molecule has 2 aromatic rings. The number of rotatable bonds is 5. The molecule has 2 atom stereocenters. The van der Waals surface area contributed by atoms with Crippen molar-refractivity contribution >= 4 is 17.2 Å². The van der Waals surface area contributed by atoms with Crippen LogP contribution in [-0.2, 0) is 11.2 Å². The van der Waals surface area contributed by atoms with E-state index in [9.17, 15) is 4.79 Å². The molecule has 1 saturated carbocycles. The summed E-state index contributed by atoms with van der Waals surface area (Å²) in [7, 11) is 0. The molecule has 2 heterocycles. The Morgan fingerprint density at radius 3 is 3.00 bits per heavy atom. The van der Waals surface area contributed by atoms with Gasteiger partial charge in [-0.25, -0.2) is 4.98 Å². The molecule has 3 N–H and O–H groups in total. The number of nitrogens with one attached hydrogen (secondary N) is 1. The lowest BCUT2D eigenvalue weighted by Crippen LogP contribution is -2.45. The molecule has 26 heavy (non-hydrogen) atoms. The molecular formula is C19H23N3O3S. The minimum absolute atomic E-state index is 0.0258. The fraction of sp³-hybridized carbons (Fsp3) is 0.474. The highest BCUT2D eigenvalue weighted by atomic mass is 32.1. The minimum Gasteiger partial charge on any atom is -0.454 e. The van der Waals surface area contributed by atoms with Crippen molar-refractivity contribution in [3.8, 4) is 22.1 Å². The normalized spacial score (nSPS) is 21.6. The number of benzene rings is 1. The number of carbonyl (C=O) groups excluding carboxylic acids is 1. The van der Waals surface area contributed by atoms with E-state index in [0.29, 0.717) is 18.9 Å². The molecular weight excluding hydrogens is 350 g/mol. The van der Waals surface area contributed by atoms with Crippen molar-refractivity contribution in [3.05, 3.63) is 29.3 Å². The zero-order chi connectivity index (χ0) is 17.9. The van der Waals surface area contributed by atoms with E-state index in [1.54, 1.807) is 0 Å². The van der Waals surface area contributed by atoms with Gasteiger partial charge >= 0.3 is 0 Å². The smallest absolute Gasteiger partial charge is 0.231 e. The summed E-state index contributed by atoms with van der Waals surface area (Å²) in [6.07, 6.45) is 4.79. The van der Waals surface area contributed by atoms with E-state index in [1.165, 1.54) is 17.8 Å². The minimum atomic E-state index is 0.0258. The Kier molecular flexibility index (Phi) is 5.08. The molecule has 7 heteroatoms. The molecule has 1 aromatic carbocycles. The summed E-state index contributed by atoms with van der Waals surface area (Å²) in [6.45, 7) is 0.892. The van der Waals surface area contributed by atoms with Gasteiger partial charge in [0.1, 0.15) is 5.01 Å². The Labute approximate surface area is 156 Å². The number of aromatic nitrogens is 1. The fourth-order valence-corrected chi connectivity index (χ4v) is 4.47. The molecule has 1 aliphatic heterocycles. The molecule has 0 saturated heterocycles. The number of thiazole rings is 1. The average molecular weight is 373 g/mol. The molecule has 0 bridgehead atoms. The summed E-state index contributed by atoms with van der Waals surface area (Å²) in [5, 5.41) is 5.98. The van der Waals surface area contributed by atoms with Gasteiger partial charge in [0.05, 0.1) is 12.1 Å². The Morgan fingerprint density at radius 1 is 1.27 bits per heavy atom. The van der Waals surface area contributed by atoms with E-state index in [1.807, 2.05) is 23.6 Å². The van der Waals surface area contributed by atoms with Gasteiger partial charge in [0.2, 0.25) is 12.7 Å². The molecule has 6 nitrogen and oxygen atoms in total. The molecule has 1 fully saturated rings. The first-order valence-electron chi connectivity index (χ1n) is 9.07. The van der Waals surface area contributed by atoms with Crippen LogP contribution in [0.1, 0.15) is 31.4 Å². The lowest BCUT2D eigenvalue weighted by atomic mass is 9.84. The summed E-state index contributed by atoms with van der Waals surface area (Å²) < 4.78 is 10.8. The predicted octanol–water partition coefficient (Wildman–Crippen LogP) is 2.72. The second-order valence-corrected chi connectivity index (χ2v) is 7.70. The number of amides is 1. The summed E-state index contributed by atoms with van der Waals surface area (Å²) in [4.78, 5) is 17.0. The number of ether oxygens (including phenoxy) is 2. The Hall–Kier alpha value is -2.12. The van der Waals surface area contributed by atoms with E-state index in [-0.39, 0.29) is 18.7 Å². The van der Waals surface area contributed by atoms with Crippen molar-refractivity contribution in [2.45, 2.75) is 38.1 Å². The topological polar surface area (TPSA) is 86.5 Å². The van der Waals surface area contributed by atoms with Crippen LogP contribution in [-0.4, -0.2) is 30.3 Å². The van der Waals surface area contributed by atoms with Crippen LogP contribution in [0.2, 0.25) is 0 Å². The second kappa shape index (κ2) is 7.63. The highest BCUT2D eigenvalue weighted by Crippen LogP contribution is 2.36. The average Bonchev–Trinajstić information content (AvgIpc) is 3.30. The van der Waals surface area contributed by atoms with Gasteiger partial charge in [-0.1, -0.05) is 12.8 Å². The van der Waals surface area contributed by atoms with Crippen LogP contribution in [0.15, 0.2) is 23.6 Å². The van der Waals surface area contributed by atoms with Crippen molar-refractivity contribution in [3.63, 3.8) is 0 Å². The van der Waals surface area contributed by atoms with Crippen LogP contribution in [0.4, 0.5) is 0 Å². The summed E-state index contributed by atoms with van der Waals surface area (Å²) >= 11 is 1.53. The highest BCUT2D eigenvalue weighted by Gasteiger charge is 2.25. The molecule has 4 rings (SSSR count). The summed E-state index contributed by atoms with van der Waals surface area (Å²) in [5.41, 5.74) is 7.61. The molecule has 0 radical (unpaired) electrons. The number of carbonyl (C=O) groups is 1. The third-order valence-electron chi connectivity index (χ3n) is 5.07. The molecule has 1 aliphatic carbocycles. The standard InChI is InChI=1S/C19H23N3O3S/c20-9-13-3-1-2-4-15(13)22-18(23)8-14-10-26-19(21-14)12-5-6-16-17(7-12)25-11-24-16/h5-7,10,13,15H,1-4,8-9,11,20H2,(H,22,23). The maximum absolute atomic E-state index is 12.4. The van der Waals surface area contributed by atoms with Gasteiger partial charge in [0.25, 0.3) is 0 Å². The number of nitrogens with zero attached hydrogens (tertiary/aromatic N) is 1. The quantitative estimate of drug-likeness (QED) is 0.842. The van der Waals surface area contributed by atoms with E-state index in [0.717, 1.165) is 47.0 Å². The molecule has 2 aliphatic rings. The number of hydrogen-bond donors (Lipinski definition) is 2. The van der Waals surface area contributed by atoms with Crippen molar-refractivity contribution < 1.29 is 14.3 Å². The summed E-state index contributed by atoms with van der Waals surface area (Å²) in [5.74, 6) is 1.92.